The van der Waals surface area contributed by atoms with E-state index < -0.39 is 0 Å². The second-order valence-corrected chi connectivity index (χ2v) is 8.04. The molecule has 0 bridgehead atoms. The standard InChI is InChI=1S/C17H20N2S.C4H10N2/c1-13(18(2)3)12-19-14-8-4-6-10-16(14)20-17-11-7-5-9-15(17)19;1-2-6-4-3-5-1/h4-11,13H,12H2,1-3H3;5-6H,1-4H2. The van der Waals surface area contributed by atoms with E-state index >= 15 is 0 Å². The van der Waals surface area contributed by atoms with Crippen molar-refractivity contribution in [1.29, 1.82) is 0 Å². The summed E-state index contributed by atoms with van der Waals surface area (Å²) < 4.78 is 0. The minimum atomic E-state index is 0.499. The van der Waals surface area contributed by atoms with Crippen LogP contribution in [-0.2, 0) is 0 Å². The normalized spacial score (nSPS) is 17.0. The third-order valence-electron chi connectivity index (χ3n) is 4.82. The average Bonchev–Trinajstić information content (AvgIpc) is 2.69. The van der Waals surface area contributed by atoms with Gasteiger partial charge >= 0.3 is 0 Å². The number of hydrogen-bond acceptors (Lipinski definition) is 5. The van der Waals surface area contributed by atoms with Gasteiger partial charge in [0.05, 0.1) is 11.4 Å². The molecule has 0 saturated carbocycles. The molecule has 2 aliphatic heterocycles. The molecule has 2 aliphatic rings. The Morgan fingerprint density at radius 2 is 1.35 bits per heavy atom. The number of rotatable bonds is 3. The maximum Gasteiger partial charge on any atom is 0.0553 e. The summed E-state index contributed by atoms with van der Waals surface area (Å²) in [5.74, 6) is 0. The summed E-state index contributed by atoms with van der Waals surface area (Å²) in [6.07, 6.45) is 0. The number of fused-ring (bicyclic) bond motifs is 2. The van der Waals surface area contributed by atoms with E-state index in [1.807, 2.05) is 11.8 Å². The van der Waals surface area contributed by atoms with Gasteiger partial charge in [0.2, 0.25) is 0 Å². The topological polar surface area (TPSA) is 30.5 Å². The molecule has 0 aromatic heterocycles. The van der Waals surface area contributed by atoms with Gasteiger partial charge < -0.3 is 20.4 Å². The molecule has 0 aliphatic carbocycles. The van der Waals surface area contributed by atoms with Gasteiger partial charge in [-0.15, -0.1) is 0 Å². The van der Waals surface area contributed by atoms with Crippen LogP contribution in [0.4, 0.5) is 11.4 Å². The van der Waals surface area contributed by atoms with E-state index in [9.17, 15) is 0 Å². The maximum atomic E-state index is 3.22. The lowest BCUT2D eigenvalue weighted by molar-refractivity contribution is 0.319. The van der Waals surface area contributed by atoms with Crippen LogP contribution in [0.15, 0.2) is 58.3 Å². The zero-order valence-electron chi connectivity index (χ0n) is 16.0. The molecule has 140 valence electrons. The molecule has 5 heteroatoms. The lowest BCUT2D eigenvalue weighted by Gasteiger charge is -2.36. The Balaban J connectivity index is 0.000000278. The largest absolute Gasteiger partial charge is 0.338 e. The van der Waals surface area contributed by atoms with Gasteiger partial charge in [-0.1, -0.05) is 36.0 Å². The molecule has 1 fully saturated rings. The predicted octanol–water partition coefficient (Wildman–Crippen LogP) is 3.42. The lowest BCUT2D eigenvalue weighted by atomic mass is 10.2. The predicted molar refractivity (Wildman–Crippen MR) is 113 cm³/mol. The van der Waals surface area contributed by atoms with Gasteiger partial charge in [-0.25, -0.2) is 0 Å². The monoisotopic (exact) mass is 370 g/mol. The quantitative estimate of drug-likeness (QED) is 0.865. The molecular weight excluding hydrogens is 340 g/mol. The summed E-state index contributed by atoms with van der Waals surface area (Å²) in [7, 11) is 4.28. The highest BCUT2D eigenvalue weighted by Crippen LogP contribution is 2.47. The molecule has 0 amide bonds. The van der Waals surface area contributed by atoms with Gasteiger partial charge in [-0.05, 0) is 45.3 Å². The molecular formula is C21H30N4S. The molecule has 1 atom stereocenters. The Labute approximate surface area is 162 Å². The second kappa shape index (κ2) is 9.42. The van der Waals surface area contributed by atoms with Crippen molar-refractivity contribution in [2.75, 3.05) is 51.7 Å². The minimum Gasteiger partial charge on any atom is -0.338 e. The maximum absolute atomic E-state index is 3.22. The molecule has 0 radical (unpaired) electrons. The molecule has 26 heavy (non-hydrogen) atoms. The van der Waals surface area contributed by atoms with Gasteiger partial charge in [0.1, 0.15) is 0 Å². The summed E-state index contributed by atoms with van der Waals surface area (Å²) in [5, 5.41) is 6.44. The SMILES string of the molecule is C1CNCCN1.CC(CN1c2ccccc2Sc2ccccc21)N(C)C. The van der Waals surface area contributed by atoms with Crippen molar-refractivity contribution in [1.82, 2.24) is 15.5 Å². The number of anilines is 2. The van der Waals surface area contributed by atoms with E-state index in [4.69, 9.17) is 0 Å². The summed E-state index contributed by atoms with van der Waals surface area (Å²) in [4.78, 5) is 7.41. The van der Waals surface area contributed by atoms with Crippen LogP contribution in [0.25, 0.3) is 0 Å². The molecule has 4 nitrogen and oxygen atoms in total. The van der Waals surface area contributed by atoms with Crippen LogP contribution in [0.5, 0.6) is 0 Å². The molecule has 0 spiro atoms. The fourth-order valence-corrected chi connectivity index (χ4v) is 4.10. The minimum absolute atomic E-state index is 0.499. The van der Waals surface area contributed by atoms with E-state index in [0.717, 1.165) is 32.7 Å². The summed E-state index contributed by atoms with van der Waals surface area (Å²) >= 11 is 1.87. The lowest BCUT2D eigenvalue weighted by Crippen LogP contribution is -2.39. The Kier molecular flexibility index (Phi) is 6.97. The number of nitrogens with zero attached hydrogens (tertiary/aromatic N) is 2. The van der Waals surface area contributed by atoms with Gasteiger partial charge in [-0.3, -0.25) is 0 Å². The molecule has 4 rings (SSSR count). The van der Waals surface area contributed by atoms with Crippen molar-refractivity contribution in [3.63, 3.8) is 0 Å². The Morgan fingerprint density at radius 3 is 1.77 bits per heavy atom. The Morgan fingerprint density at radius 1 is 0.885 bits per heavy atom. The van der Waals surface area contributed by atoms with Gasteiger partial charge in [-0.2, -0.15) is 0 Å². The van der Waals surface area contributed by atoms with Crippen LogP contribution < -0.4 is 15.5 Å². The molecule has 1 unspecified atom stereocenters. The number of benzene rings is 2. The van der Waals surface area contributed by atoms with Crippen molar-refractivity contribution in [3.8, 4) is 0 Å². The smallest absolute Gasteiger partial charge is 0.0553 e. The van der Waals surface area contributed by atoms with Crippen LogP contribution in [0.3, 0.4) is 0 Å². The van der Waals surface area contributed by atoms with Crippen molar-refractivity contribution < 1.29 is 0 Å². The number of piperazine rings is 1. The molecule has 1 saturated heterocycles. The van der Waals surface area contributed by atoms with Crippen LogP contribution in [0, 0.1) is 0 Å². The van der Waals surface area contributed by atoms with Gasteiger partial charge in [0, 0.05) is 48.6 Å². The number of likely N-dealkylation sites (N-methyl/N-ethyl adjacent to an activating group) is 1. The zero-order valence-corrected chi connectivity index (χ0v) is 16.9. The fraction of sp³-hybridized carbons (Fsp3) is 0.429. The average molecular weight is 371 g/mol. The highest BCUT2D eigenvalue weighted by molar-refractivity contribution is 7.99. The Hall–Kier alpha value is -1.53. The van der Waals surface area contributed by atoms with Crippen LogP contribution >= 0.6 is 11.8 Å². The molecule has 2 aromatic carbocycles. The zero-order chi connectivity index (χ0) is 18.4. The first-order valence-corrected chi connectivity index (χ1v) is 10.2. The summed E-state index contributed by atoms with van der Waals surface area (Å²) in [6.45, 7) is 7.83. The fourth-order valence-electron chi connectivity index (χ4n) is 3.01. The molecule has 2 aromatic rings. The first-order chi connectivity index (χ1) is 12.7. The first kappa shape index (κ1) is 19.2. The number of para-hydroxylation sites is 2. The highest BCUT2D eigenvalue weighted by atomic mass is 32.2. The van der Waals surface area contributed by atoms with E-state index in [0.29, 0.717) is 6.04 Å². The van der Waals surface area contributed by atoms with Crippen molar-refractivity contribution in [2.45, 2.75) is 22.8 Å². The number of hydrogen-bond donors (Lipinski definition) is 2. The van der Waals surface area contributed by atoms with E-state index in [2.05, 4.69) is 90.0 Å². The summed E-state index contributed by atoms with van der Waals surface area (Å²) in [6, 6.07) is 17.9. The number of nitrogens with one attached hydrogen (secondary N) is 2. The van der Waals surface area contributed by atoms with Crippen LogP contribution in [-0.4, -0.2) is 57.8 Å². The van der Waals surface area contributed by atoms with Crippen LogP contribution in [0.2, 0.25) is 0 Å². The molecule has 2 heterocycles. The Bertz CT molecular complexity index is 643. The van der Waals surface area contributed by atoms with Gasteiger partial charge in [0.15, 0.2) is 0 Å². The van der Waals surface area contributed by atoms with Crippen molar-refractivity contribution in [2.24, 2.45) is 0 Å². The van der Waals surface area contributed by atoms with E-state index in [-0.39, 0.29) is 0 Å². The first-order valence-electron chi connectivity index (χ1n) is 9.38. The van der Waals surface area contributed by atoms with E-state index in [1.54, 1.807) is 0 Å². The summed E-state index contributed by atoms with van der Waals surface area (Å²) in [5.41, 5.74) is 2.65. The van der Waals surface area contributed by atoms with Gasteiger partial charge in [0.25, 0.3) is 0 Å². The third kappa shape index (κ3) is 4.80. The highest BCUT2D eigenvalue weighted by Gasteiger charge is 2.24. The van der Waals surface area contributed by atoms with Crippen LogP contribution in [0.1, 0.15) is 6.92 Å². The molecule has 2 N–H and O–H groups in total. The van der Waals surface area contributed by atoms with Crippen molar-refractivity contribution >= 4 is 23.1 Å². The van der Waals surface area contributed by atoms with Crippen molar-refractivity contribution in [3.05, 3.63) is 48.5 Å². The second-order valence-electron chi connectivity index (χ2n) is 6.96. The van der Waals surface area contributed by atoms with E-state index in [1.165, 1.54) is 21.2 Å². The third-order valence-corrected chi connectivity index (χ3v) is 5.95.